The molecule has 0 spiro atoms. The summed E-state index contributed by atoms with van der Waals surface area (Å²) < 4.78 is 45.1. The van der Waals surface area contributed by atoms with E-state index in [1.54, 1.807) is 7.11 Å². The molecule has 3 fully saturated rings. The number of carbonyl (C=O) groups excluding carboxylic acids is 1. The number of aromatic nitrogens is 1. The van der Waals surface area contributed by atoms with Gasteiger partial charge in [-0.15, -0.1) is 0 Å². The number of nitrogens with zero attached hydrogens (tertiary/aromatic N) is 3. The summed E-state index contributed by atoms with van der Waals surface area (Å²) >= 11 is 0. The van der Waals surface area contributed by atoms with Gasteiger partial charge < -0.3 is 9.64 Å². The van der Waals surface area contributed by atoms with E-state index in [1.807, 2.05) is 4.90 Å². The normalized spacial score (nSPS) is 32.6. The Morgan fingerprint density at radius 3 is 2.88 bits per heavy atom. The number of pyridine rings is 1. The Bertz CT molecular complexity index is 890. The number of ether oxygens (including phenoxy) is 1. The number of hydrogen-bond acceptors (Lipinski definition) is 4. The van der Waals surface area contributed by atoms with Crippen LogP contribution in [0.25, 0.3) is 0 Å². The summed E-state index contributed by atoms with van der Waals surface area (Å²) in [6.45, 7) is 2.58. The number of rotatable bonds is 4. The van der Waals surface area contributed by atoms with Crippen LogP contribution >= 0.6 is 0 Å². The van der Waals surface area contributed by atoms with Gasteiger partial charge in [-0.25, -0.2) is 0 Å². The Hall–Kier alpha value is -1.67. The van der Waals surface area contributed by atoms with Crippen LogP contribution in [0, 0.1) is 11.3 Å². The zero-order valence-electron chi connectivity index (χ0n) is 19.4. The van der Waals surface area contributed by atoms with Crippen molar-refractivity contribution in [2.45, 2.75) is 82.6 Å². The molecule has 1 saturated heterocycles. The summed E-state index contributed by atoms with van der Waals surface area (Å²) in [4.78, 5) is 22.5. The molecule has 0 N–H and O–H groups in total. The first kappa shape index (κ1) is 23.1. The number of carbonyl (C=O) groups is 1. The van der Waals surface area contributed by atoms with Crippen LogP contribution in [0.3, 0.4) is 0 Å². The zero-order valence-corrected chi connectivity index (χ0v) is 19.4. The van der Waals surface area contributed by atoms with Crippen molar-refractivity contribution in [3.8, 4) is 0 Å². The smallest absolute Gasteiger partial charge is 0.383 e. The molecule has 4 atom stereocenters. The minimum Gasteiger partial charge on any atom is -0.383 e. The molecule has 33 heavy (non-hydrogen) atoms. The second kappa shape index (κ2) is 8.84. The summed E-state index contributed by atoms with van der Waals surface area (Å²) in [6.07, 6.45) is 5.56. The van der Waals surface area contributed by atoms with Gasteiger partial charge >= 0.3 is 6.18 Å². The second-order valence-electron chi connectivity index (χ2n) is 10.5. The minimum atomic E-state index is -4.42. The lowest BCUT2D eigenvalue weighted by Gasteiger charge is -2.41. The summed E-state index contributed by atoms with van der Waals surface area (Å²) in [5.41, 5.74) is 0.142. The highest BCUT2D eigenvalue weighted by Gasteiger charge is 2.57. The predicted molar refractivity (Wildman–Crippen MR) is 117 cm³/mol. The van der Waals surface area contributed by atoms with E-state index in [0.29, 0.717) is 42.2 Å². The molecule has 8 heteroatoms. The first-order valence-electron chi connectivity index (χ1n) is 12.4. The van der Waals surface area contributed by atoms with Gasteiger partial charge in [-0.05, 0) is 62.6 Å². The van der Waals surface area contributed by atoms with Crippen LogP contribution in [0.5, 0.6) is 0 Å². The lowest BCUT2D eigenvalue weighted by molar-refractivity contribution is -0.144. The maximum atomic E-state index is 14.0. The summed E-state index contributed by atoms with van der Waals surface area (Å²) in [7, 11) is 1.76. The third-order valence-corrected chi connectivity index (χ3v) is 8.69. The minimum absolute atomic E-state index is 0.163. The van der Waals surface area contributed by atoms with Crippen LogP contribution in [0.2, 0.25) is 0 Å². The first-order valence-corrected chi connectivity index (χ1v) is 12.4. The van der Waals surface area contributed by atoms with Crippen molar-refractivity contribution < 1.29 is 22.7 Å². The monoisotopic (exact) mass is 465 g/mol. The highest BCUT2D eigenvalue weighted by molar-refractivity contribution is 5.84. The van der Waals surface area contributed by atoms with E-state index in [2.05, 4.69) is 9.88 Å². The van der Waals surface area contributed by atoms with Crippen molar-refractivity contribution in [1.82, 2.24) is 14.8 Å². The Labute approximate surface area is 193 Å². The van der Waals surface area contributed by atoms with Crippen molar-refractivity contribution in [3.63, 3.8) is 0 Å². The Morgan fingerprint density at radius 2 is 2.09 bits per heavy atom. The van der Waals surface area contributed by atoms with Gasteiger partial charge in [-0.3, -0.25) is 14.7 Å². The second-order valence-corrected chi connectivity index (χ2v) is 10.5. The molecule has 1 aromatic heterocycles. The average Bonchev–Trinajstić information content (AvgIpc) is 3.36. The van der Waals surface area contributed by atoms with E-state index in [4.69, 9.17) is 4.74 Å². The molecule has 0 aromatic carbocycles. The van der Waals surface area contributed by atoms with Crippen molar-refractivity contribution in [1.29, 1.82) is 0 Å². The number of hydrogen-bond donors (Lipinski definition) is 0. The van der Waals surface area contributed by atoms with Gasteiger partial charge in [0.25, 0.3) is 0 Å². The number of alkyl halides is 3. The summed E-state index contributed by atoms with van der Waals surface area (Å²) in [5, 5.41) is 0. The average molecular weight is 466 g/mol. The maximum Gasteiger partial charge on any atom is 0.417 e. The van der Waals surface area contributed by atoms with Gasteiger partial charge in [0.1, 0.15) is 0 Å². The fourth-order valence-electron chi connectivity index (χ4n) is 7.15. The predicted octanol–water partition coefficient (Wildman–Crippen LogP) is 4.43. The topological polar surface area (TPSA) is 45.7 Å². The Morgan fingerprint density at radius 1 is 1.24 bits per heavy atom. The number of likely N-dealkylation sites (tertiary alicyclic amines) is 1. The van der Waals surface area contributed by atoms with Gasteiger partial charge in [0, 0.05) is 50.6 Å². The van der Waals surface area contributed by atoms with Crippen LogP contribution in [0.15, 0.2) is 12.3 Å². The van der Waals surface area contributed by atoms with Crippen molar-refractivity contribution in [2.24, 2.45) is 11.3 Å². The molecule has 2 saturated carbocycles. The third kappa shape index (κ3) is 4.18. The fraction of sp³-hybridized carbons (Fsp3) is 0.760. The number of fused-ring (bicyclic) bond motifs is 2. The molecular weight excluding hydrogens is 431 g/mol. The number of methoxy groups -OCH3 is 1. The molecular formula is C25H34F3N3O2. The molecule has 5 nitrogen and oxygen atoms in total. The zero-order chi connectivity index (χ0) is 23.2. The molecule has 0 bridgehead atoms. The molecule has 1 aromatic rings. The van der Waals surface area contributed by atoms with E-state index in [0.717, 1.165) is 57.9 Å². The molecule has 4 aliphatic rings. The van der Waals surface area contributed by atoms with Gasteiger partial charge in [0.2, 0.25) is 5.91 Å². The first-order chi connectivity index (χ1) is 15.8. The standard InChI is InChI=1S/C25H34F3N3O2/c1-33-16-20-6-2-3-9-31(20)21-12-18-5-4-8-24(18,13-21)23(32)30-10-7-22-17(15-30)11-19(14-29-22)25(26,27)28/h11,14,18,20-21H,2-10,12-13,15-16H2,1H3/t18-,20+,21+,24-/m1/s1. The van der Waals surface area contributed by atoms with Crippen LogP contribution in [-0.2, 0) is 28.7 Å². The van der Waals surface area contributed by atoms with Gasteiger partial charge in [0.15, 0.2) is 0 Å². The van der Waals surface area contributed by atoms with E-state index in [-0.39, 0.29) is 17.9 Å². The quantitative estimate of drug-likeness (QED) is 0.660. The molecule has 182 valence electrons. The summed E-state index contributed by atoms with van der Waals surface area (Å²) in [6, 6.07) is 2.01. The lowest BCUT2D eigenvalue weighted by Crippen LogP contribution is -2.49. The molecule has 1 amide bonds. The van der Waals surface area contributed by atoms with Gasteiger partial charge in [0.05, 0.1) is 17.6 Å². The highest BCUT2D eigenvalue weighted by Crippen LogP contribution is 2.57. The molecule has 5 rings (SSSR count). The largest absolute Gasteiger partial charge is 0.417 e. The van der Waals surface area contributed by atoms with Gasteiger partial charge in [-0.1, -0.05) is 12.8 Å². The fourth-order valence-corrected chi connectivity index (χ4v) is 7.15. The Balaban J connectivity index is 1.35. The Kier molecular flexibility index (Phi) is 6.18. The number of amides is 1. The van der Waals surface area contributed by atoms with Gasteiger partial charge in [-0.2, -0.15) is 13.2 Å². The van der Waals surface area contributed by atoms with E-state index < -0.39 is 11.7 Å². The van der Waals surface area contributed by atoms with Crippen LogP contribution < -0.4 is 0 Å². The summed E-state index contributed by atoms with van der Waals surface area (Å²) in [5.74, 6) is 0.539. The third-order valence-electron chi connectivity index (χ3n) is 8.69. The highest BCUT2D eigenvalue weighted by atomic mass is 19.4. The SMILES string of the molecule is COC[C@@H]1CCCCN1[C@H]1C[C@H]2CCC[C@@]2(C(=O)N2CCc3ncc(C(F)(F)F)cc3C2)C1. The van der Waals surface area contributed by atoms with E-state index >= 15 is 0 Å². The van der Waals surface area contributed by atoms with Crippen LogP contribution in [0.4, 0.5) is 13.2 Å². The van der Waals surface area contributed by atoms with E-state index in [9.17, 15) is 18.0 Å². The molecule has 0 unspecified atom stereocenters. The maximum absolute atomic E-state index is 14.0. The molecule has 3 heterocycles. The molecule has 2 aliphatic carbocycles. The lowest BCUT2D eigenvalue weighted by atomic mass is 9.78. The number of halogens is 3. The van der Waals surface area contributed by atoms with Crippen molar-refractivity contribution in [2.75, 3.05) is 26.8 Å². The number of piperidine rings is 1. The van der Waals surface area contributed by atoms with Crippen molar-refractivity contribution in [3.05, 3.63) is 29.1 Å². The molecule has 0 radical (unpaired) electrons. The molecule has 2 aliphatic heterocycles. The van der Waals surface area contributed by atoms with Crippen LogP contribution in [0.1, 0.15) is 68.2 Å². The van der Waals surface area contributed by atoms with E-state index in [1.165, 1.54) is 18.9 Å². The van der Waals surface area contributed by atoms with Crippen molar-refractivity contribution >= 4 is 5.91 Å². The van der Waals surface area contributed by atoms with Crippen LogP contribution in [-0.4, -0.2) is 59.6 Å².